The second-order valence-electron chi connectivity index (χ2n) is 6.05. The minimum absolute atomic E-state index is 0.0135. The number of aryl methyl sites for hydroxylation is 1. The predicted molar refractivity (Wildman–Crippen MR) is 75.3 cm³/mol. The Hall–Kier alpha value is -1.36. The van der Waals surface area contributed by atoms with Crippen molar-refractivity contribution in [2.75, 3.05) is 6.61 Å². The van der Waals surface area contributed by atoms with Crippen LogP contribution in [0.5, 0.6) is 0 Å². The summed E-state index contributed by atoms with van der Waals surface area (Å²) in [6.07, 6.45) is 7.64. The molecule has 0 bridgehead atoms. The highest BCUT2D eigenvalue weighted by atomic mass is 16.5. The molecule has 1 aromatic rings. The third kappa shape index (κ3) is 2.59. The smallest absolute Gasteiger partial charge is 0.252 e. The Morgan fingerprint density at radius 3 is 3.00 bits per heavy atom. The summed E-state index contributed by atoms with van der Waals surface area (Å²) in [7, 11) is 0. The highest BCUT2D eigenvalue weighted by Gasteiger charge is 2.37. The molecule has 5 nitrogen and oxygen atoms in total. The highest BCUT2D eigenvalue weighted by molar-refractivity contribution is 5.84. The zero-order valence-corrected chi connectivity index (χ0v) is 12.1. The Morgan fingerprint density at radius 2 is 2.20 bits per heavy atom. The maximum absolute atomic E-state index is 12.2. The number of nitrogens with zero attached hydrogens (tertiary/aromatic N) is 1. The van der Waals surface area contributed by atoms with Gasteiger partial charge in [0.1, 0.15) is 5.60 Å². The van der Waals surface area contributed by atoms with Gasteiger partial charge in [-0.3, -0.25) is 9.89 Å². The molecule has 3 rings (SSSR count). The largest absolute Gasteiger partial charge is 0.365 e. The summed E-state index contributed by atoms with van der Waals surface area (Å²) in [5.41, 5.74) is 2.93. The van der Waals surface area contributed by atoms with Crippen molar-refractivity contribution < 1.29 is 9.53 Å². The third-order valence-electron chi connectivity index (χ3n) is 4.51. The molecule has 1 amide bonds. The molecule has 110 valence electrons. The lowest BCUT2D eigenvalue weighted by atomic mass is 10.0. The first-order chi connectivity index (χ1) is 9.69. The van der Waals surface area contributed by atoms with Gasteiger partial charge in [-0.1, -0.05) is 6.42 Å². The van der Waals surface area contributed by atoms with Crippen molar-refractivity contribution in [1.29, 1.82) is 0 Å². The van der Waals surface area contributed by atoms with Crippen molar-refractivity contribution in [3.05, 3.63) is 17.0 Å². The molecule has 2 N–H and O–H groups in total. The lowest BCUT2D eigenvalue weighted by Crippen LogP contribution is -2.43. The van der Waals surface area contributed by atoms with Crippen molar-refractivity contribution >= 4 is 5.91 Å². The van der Waals surface area contributed by atoms with Gasteiger partial charge >= 0.3 is 0 Å². The molecule has 5 heteroatoms. The first-order valence-corrected chi connectivity index (χ1v) is 7.66. The van der Waals surface area contributed by atoms with Crippen molar-refractivity contribution in [3.8, 4) is 0 Å². The topological polar surface area (TPSA) is 67.0 Å². The number of fused-ring (bicyclic) bond motifs is 1. The molecule has 1 aliphatic carbocycles. The summed E-state index contributed by atoms with van der Waals surface area (Å²) in [4.78, 5) is 12.2. The van der Waals surface area contributed by atoms with Gasteiger partial charge in [0.25, 0.3) is 5.91 Å². The average molecular weight is 277 g/mol. The van der Waals surface area contributed by atoms with Crippen LogP contribution in [0.1, 0.15) is 56.0 Å². The monoisotopic (exact) mass is 277 g/mol. The second-order valence-corrected chi connectivity index (χ2v) is 6.05. The molecule has 20 heavy (non-hydrogen) atoms. The lowest BCUT2D eigenvalue weighted by molar-refractivity contribution is -0.139. The Balaban J connectivity index is 1.64. The van der Waals surface area contributed by atoms with E-state index in [1.165, 1.54) is 30.5 Å². The van der Waals surface area contributed by atoms with Gasteiger partial charge in [0, 0.05) is 12.3 Å². The van der Waals surface area contributed by atoms with E-state index in [9.17, 15) is 4.79 Å². The van der Waals surface area contributed by atoms with Gasteiger partial charge in [0.2, 0.25) is 0 Å². The number of carbonyl (C=O) groups is 1. The standard InChI is InChI=1S/C15H23N3O2/c1-15(8-5-9-20-15)14(19)16-10-13-11-6-3-2-4-7-12(11)17-18-13/h2-10H2,1H3,(H,16,19)(H,17,18). The number of carbonyl (C=O) groups excluding carboxylic acids is 1. The third-order valence-corrected chi connectivity index (χ3v) is 4.51. The van der Waals surface area contributed by atoms with Crippen molar-refractivity contribution in [2.24, 2.45) is 0 Å². The predicted octanol–water partition coefficient (Wildman–Crippen LogP) is 1.86. The number of aromatic nitrogens is 2. The maximum Gasteiger partial charge on any atom is 0.252 e. The van der Waals surface area contributed by atoms with Gasteiger partial charge in [-0.15, -0.1) is 0 Å². The molecule has 1 fully saturated rings. The fraction of sp³-hybridized carbons (Fsp3) is 0.733. The van der Waals surface area contributed by atoms with Gasteiger partial charge in [-0.25, -0.2) is 0 Å². The second kappa shape index (κ2) is 5.56. The van der Waals surface area contributed by atoms with Crippen LogP contribution in [0.15, 0.2) is 0 Å². The molecule has 0 spiro atoms. The molecule has 2 heterocycles. The average Bonchev–Trinajstić information content (AvgIpc) is 2.97. The quantitative estimate of drug-likeness (QED) is 0.829. The molecule has 1 unspecified atom stereocenters. The van der Waals surface area contributed by atoms with E-state index in [-0.39, 0.29) is 5.91 Å². The zero-order valence-electron chi connectivity index (χ0n) is 12.1. The fourth-order valence-corrected chi connectivity index (χ4v) is 3.18. The van der Waals surface area contributed by atoms with Gasteiger partial charge in [0.05, 0.1) is 12.2 Å². The van der Waals surface area contributed by atoms with E-state index in [4.69, 9.17) is 4.74 Å². The summed E-state index contributed by atoms with van der Waals surface area (Å²) in [6.45, 7) is 3.06. The van der Waals surface area contributed by atoms with Crippen LogP contribution < -0.4 is 5.32 Å². The molecule has 1 aromatic heterocycles. The summed E-state index contributed by atoms with van der Waals surface area (Å²) in [6, 6.07) is 0. The highest BCUT2D eigenvalue weighted by Crippen LogP contribution is 2.26. The van der Waals surface area contributed by atoms with E-state index in [2.05, 4.69) is 15.5 Å². The number of hydrogen-bond donors (Lipinski definition) is 2. The van der Waals surface area contributed by atoms with E-state index in [1.807, 2.05) is 6.92 Å². The van der Waals surface area contributed by atoms with Gasteiger partial charge < -0.3 is 10.1 Å². The maximum atomic E-state index is 12.2. The van der Waals surface area contributed by atoms with Gasteiger partial charge in [-0.05, 0) is 51.0 Å². The van der Waals surface area contributed by atoms with E-state index in [1.54, 1.807) is 0 Å². The number of hydrogen-bond acceptors (Lipinski definition) is 3. The number of nitrogens with one attached hydrogen (secondary N) is 2. The van der Waals surface area contributed by atoms with Crippen molar-refractivity contribution in [3.63, 3.8) is 0 Å². The molecule has 1 aliphatic heterocycles. The van der Waals surface area contributed by atoms with Gasteiger partial charge in [-0.2, -0.15) is 5.10 Å². The first-order valence-electron chi connectivity index (χ1n) is 7.66. The summed E-state index contributed by atoms with van der Waals surface area (Å²) >= 11 is 0. The Kier molecular flexibility index (Phi) is 3.78. The molecule has 0 aromatic carbocycles. The molecule has 1 atom stereocenters. The van der Waals surface area contributed by atoms with E-state index < -0.39 is 5.60 Å². The molecule has 1 saturated heterocycles. The fourth-order valence-electron chi connectivity index (χ4n) is 3.18. The van der Waals surface area contributed by atoms with Crippen molar-refractivity contribution in [2.45, 2.75) is 64.0 Å². The number of ether oxygens (including phenoxy) is 1. The number of amides is 1. The van der Waals surface area contributed by atoms with Crippen LogP contribution >= 0.6 is 0 Å². The SMILES string of the molecule is CC1(C(=O)NCc2n[nH]c3c2CCCCC3)CCCO1. The Labute approximate surface area is 119 Å². The number of rotatable bonds is 3. The Morgan fingerprint density at radius 1 is 1.35 bits per heavy atom. The van der Waals surface area contributed by atoms with Crippen LogP contribution in [0.2, 0.25) is 0 Å². The minimum atomic E-state index is -0.646. The molecule has 0 radical (unpaired) electrons. The van der Waals surface area contributed by atoms with Crippen LogP contribution in [-0.2, 0) is 28.9 Å². The normalized spacial score (nSPS) is 26.1. The molecular formula is C15H23N3O2. The summed E-state index contributed by atoms with van der Waals surface area (Å²) in [5.74, 6) is -0.0135. The summed E-state index contributed by atoms with van der Waals surface area (Å²) in [5, 5.41) is 10.5. The minimum Gasteiger partial charge on any atom is -0.365 e. The summed E-state index contributed by atoms with van der Waals surface area (Å²) < 4.78 is 5.56. The van der Waals surface area contributed by atoms with Crippen molar-refractivity contribution in [1.82, 2.24) is 15.5 Å². The van der Waals surface area contributed by atoms with Crippen LogP contribution in [0.3, 0.4) is 0 Å². The molecule has 2 aliphatic rings. The molecule has 0 saturated carbocycles. The molecular weight excluding hydrogens is 254 g/mol. The Bertz CT molecular complexity index is 489. The number of aromatic amines is 1. The lowest BCUT2D eigenvalue weighted by Gasteiger charge is -2.21. The van der Waals surface area contributed by atoms with Crippen LogP contribution in [0.4, 0.5) is 0 Å². The van der Waals surface area contributed by atoms with E-state index >= 15 is 0 Å². The first kappa shape index (κ1) is 13.6. The van der Waals surface area contributed by atoms with Gasteiger partial charge in [0.15, 0.2) is 0 Å². The number of H-pyrrole nitrogens is 1. The van der Waals surface area contributed by atoms with Crippen LogP contribution in [-0.4, -0.2) is 28.3 Å². The van der Waals surface area contributed by atoms with Crippen LogP contribution in [0.25, 0.3) is 0 Å². The van der Waals surface area contributed by atoms with E-state index in [0.29, 0.717) is 13.2 Å². The zero-order chi connectivity index (χ0) is 14.0. The van der Waals surface area contributed by atoms with E-state index in [0.717, 1.165) is 31.4 Å². The van der Waals surface area contributed by atoms with Crippen LogP contribution in [0, 0.1) is 0 Å².